The van der Waals surface area contributed by atoms with Crippen LogP contribution in [-0.2, 0) is 0 Å². The van der Waals surface area contributed by atoms with Gasteiger partial charge in [0.2, 0.25) is 0 Å². The van der Waals surface area contributed by atoms with Crippen LogP contribution in [0.3, 0.4) is 0 Å². The minimum absolute atomic E-state index is 0.0504. The molecule has 1 aliphatic rings. The van der Waals surface area contributed by atoms with E-state index in [9.17, 15) is 9.18 Å². The summed E-state index contributed by atoms with van der Waals surface area (Å²) in [5.41, 5.74) is 6.11. The van der Waals surface area contributed by atoms with Crippen molar-refractivity contribution in [2.75, 3.05) is 5.32 Å². The zero-order valence-electron chi connectivity index (χ0n) is 18.0. The average molecular weight is 403 g/mol. The lowest BCUT2D eigenvalue weighted by molar-refractivity contribution is 0.102. The quantitative estimate of drug-likeness (QED) is 0.557. The number of fused-ring (bicyclic) bond motifs is 1. The molecule has 1 atom stereocenters. The number of halogens is 1. The van der Waals surface area contributed by atoms with Gasteiger partial charge in [-0.2, -0.15) is 0 Å². The lowest BCUT2D eigenvalue weighted by Gasteiger charge is -2.27. The Hall–Kier alpha value is -3.14. The van der Waals surface area contributed by atoms with Gasteiger partial charge in [0.15, 0.2) is 0 Å². The predicted octanol–water partition coefficient (Wildman–Crippen LogP) is 6.31. The Labute approximate surface area is 176 Å². The van der Waals surface area contributed by atoms with Crippen LogP contribution in [0.15, 0.2) is 54.6 Å². The van der Waals surface area contributed by atoms with Gasteiger partial charge < -0.3 is 10.1 Å². The van der Waals surface area contributed by atoms with E-state index < -0.39 is 5.60 Å². The maximum absolute atomic E-state index is 13.2. The van der Waals surface area contributed by atoms with Gasteiger partial charge >= 0.3 is 0 Å². The summed E-state index contributed by atoms with van der Waals surface area (Å²) in [4.78, 5) is 12.9. The fourth-order valence-corrected chi connectivity index (χ4v) is 4.48. The highest BCUT2D eigenvalue weighted by molar-refractivity contribution is 6.05. The molecular formula is C26H26FNO2. The maximum atomic E-state index is 13.2. The van der Waals surface area contributed by atoms with Crippen LogP contribution in [0.2, 0.25) is 0 Å². The average Bonchev–Trinajstić information content (AvgIpc) is 3.02. The Kier molecular flexibility index (Phi) is 4.89. The van der Waals surface area contributed by atoms with E-state index in [4.69, 9.17) is 4.74 Å². The van der Waals surface area contributed by atoms with Crippen molar-refractivity contribution in [2.24, 2.45) is 0 Å². The maximum Gasteiger partial charge on any atom is 0.255 e. The van der Waals surface area contributed by atoms with Crippen LogP contribution in [0.4, 0.5) is 10.1 Å². The largest absolute Gasteiger partial charge is 0.486 e. The number of carbonyl (C=O) groups is 1. The molecule has 0 aromatic heterocycles. The molecule has 0 spiro atoms. The second kappa shape index (κ2) is 7.28. The van der Waals surface area contributed by atoms with E-state index in [1.54, 1.807) is 0 Å². The zero-order chi connectivity index (χ0) is 21.6. The summed E-state index contributed by atoms with van der Waals surface area (Å²) in [5.74, 6) is 0.338. The minimum Gasteiger partial charge on any atom is -0.486 e. The molecule has 0 radical (unpaired) electrons. The number of rotatable bonds is 3. The van der Waals surface area contributed by atoms with E-state index in [1.807, 2.05) is 39.0 Å². The number of anilines is 1. The third-order valence-corrected chi connectivity index (χ3v) is 6.13. The fourth-order valence-electron chi connectivity index (χ4n) is 4.48. The Morgan fingerprint density at radius 1 is 0.933 bits per heavy atom. The number of nitrogens with one attached hydrogen (secondary N) is 1. The number of carbonyl (C=O) groups excluding carboxylic acids is 1. The second-order valence-corrected chi connectivity index (χ2v) is 8.50. The molecule has 0 saturated carbocycles. The van der Waals surface area contributed by atoms with Crippen molar-refractivity contribution in [1.29, 1.82) is 0 Å². The molecule has 1 heterocycles. The molecule has 0 saturated heterocycles. The van der Waals surface area contributed by atoms with Crippen LogP contribution < -0.4 is 10.1 Å². The van der Waals surface area contributed by atoms with Gasteiger partial charge in [-0.25, -0.2) is 4.39 Å². The van der Waals surface area contributed by atoms with E-state index in [0.29, 0.717) is 5.56 Å². The molecule has 3 aromatic carbocycles. The molecule has 1 N–H and O–H groups in total. The number of amides is 1. The molecule has 3 aromatic rings. The Morgan fingerprint density at radius 3 is 2.20 bits per heavy atom. The second-order valence-electron chi connectivity index (χ2n) is 8.50. The summed E-state index contributed by atoms with van der Waals surface area (Å²) in [7, 11) is 0. The van der Waals surface area contributed by atoms with Gasteiger partial charge in [0, 0.05) is 16.8 Å². The van der Waals surface area contributed by atoms with Gasteiger partial charge in [-0.1, -0.05) is 30.3 Å². The van der Waals surface area contributed by atoms with Gasteiger partial charge in [0.05, 0.1) is 5.92 Å². The van der Waals surface area contributed by atoms with E-state index in [1.165, 1.54) is 29.8 Å². The summed E-state index contributed by atoms with van der Waals surface area (Å²) >= 11 is 0. The molecular weight excluding hydrogens is 377 g/mol. The van der Waals surface area contributed by atoms with Crippen molar-refractivity contribution in [3.63, 3.8) is 0 Å². The summed E-state index contributed by atoms with van der Waals surface area (Å²) in [6, 6.07) is 15.9. The molecule has 0 aliphatic carbocycles. The van der Waals surface area contributed by atoms with Gasteiger partial charge in [-0.3, -0.25) is 4.79 Å². The van der Waals surface area contributed by atoms with E-state index in [0.717, 1.165) is 33.7 Å². The SMILES string of the molecule is Cc1c(C)c2c(c(C)c1NC(=O)c1ccc(F)cc1)C(c1ccccc1)C(C)(C)O2. The molecule has 30 heavy (non-hydrogen) atoms. The van der Waals surface area contributed by atoms with E-state index >= 15 is 0 Å². The van der Waals surface area contributed by atoms with Crippen molar-refractivity contribution >= 4 is 11.6 Å². The molecule has 4 rings (SSSR count). The van der Waals surface area contributed by atoms with E-state index in [2.05, 4.69) is 31.3 Å². The molecule has 0 bridgehead atoms. The van der Waals surface area contributed by atoms with Gasteiger partial charge in [0.1, 0.15) is 17.2 Å². The first-order valence-electron chi connectivity index (χ1n) is 10.1. The van der Waals surface area contributed by atoms with Crippen LogP contribution in [0, 0.1) is 26.6 Å². The molecule has 1 aliphatic heterocycles. The number of hydrogen-bond acceptors (Lipinski definition) is 2. The normalized spacial score (nSPS) is 16.7. The van der Waals surface area contributed by atoms with Crippen molar-refractivity contribution in [3.8, 4) is 5.75 Å². The monoisotopic (exact) mass is 403 g/mol. The summed E-state index contributed by atoms with van der Waals surface area (Å²) in [5, 5.41) is 3.07. The first-order chi connectivity index (χ1) is 14.2. The van der Waals surface area contributed by atoms with Crippen LogP contribution in [0.25, 0.3) is 0 Å². The van der Waals surface area contributed by atoms with Gasteiger partial charge in [-0.05, 0) is 81.1 Å². The third kappa shape index (κ3) is 3.26. The third-order valence-electron chi connectivity index (χ3n) is 6.13. The van der Waals surface area contributed by atoms with Crippen molar-refractivity contribution in [3.05, 3.63) is 93.8 Å². The van der Waals surface area contributed by atoms with Crippen molar-refractivity contribution in [2.45, 2.75) is 46.1 Å². The van der Waals surface area contributed by atoms with E-state index in [-0.39, 0.29) is 17.6 Å². The van der Waals surface area contributed by atoms with Gasteiger partial charge in [-0.15, -0.1) is 0 Å². The highest BCUT2D eigenvalue weighted by Gasteiger charge is 2.44. The molecule has 4 heteroatoms. The topological polar surface area (TPSA) is 38.3 Å². The van der Waals surface area contributed by atoms with Crippen LogP contribution >= 0.6 is 0 Å². The summed E-state index contributed by atoms with van der Waals surface area (Å²) < 4.78 is 19.7. The minimum atomic E-state index is -0.411. The highest BCUT2D eigenvalue weighted by Crippen LogP contribution is 2.53. The molecule has 1 amide bonds. The van der Waals surface area contributed by atoms with Crippen molar-refractivity contribution in [1.82, 2.24) is 0 Å². The highest BCUT2D eigenvalue weighted by atomic mass is 19.1. The lowest BCUT2D eigenvalue weighted by atomic mass is 9.78. The number of ether oxygens (including phenoxy) is 1. The Morgan fingerprint density at radius 2 is 1.57 bits per heavy atom. The smallest absolute Gasteiger partial charge is 0.255 e. The molecule has 3 nitrogen and oxygen atoms in total. The molecule has 154 valence electrons. The Bertz CT molecular complexity index is 1120. The van der Waals surface area contributed by atoms with Crippen molar-refractivity contribution < 1.29 is 13.9 Å². The van der Waals surface area contributed by atoms with Crippen LogP contribution in [0.5, 0.6) is 5.75 Å². The standard InChI is InChI=1S/C26H26FNO2/c1-15-16(2)24-21(22(26(4,5)30-24)18-9-7-6-8-10-18)17(3)23(15)28-25(29)19-11-13-20(27)14-12-19/h6-14,22H,1-5H3,(H,28,29). The molecule has 0 fully saturated rings. The van der Waals surface area contributed by atoms with Crippen LogP contribution in [0.1, 0.15) is 57.9 Å². The predicted molar refractivity (Wildman–Crippen MR) is 118 cm³/mol. The lowest BCUT2D eigenvalue weighted by Crippen LogP contribution is -2.31. The number of hydrogen-bond donors (Lipinski definition) is 1. The summed E-state index contributed by atoms with van der Waals surface area (Å²) in [6.45, 7) is 10.3. The number of benzene rings is 3. The first-order valence-corrected chi connectivity index (χ1v) is 10.1. The van der Waals surface area contributed by atoms with Crippen LogP contribution in [-0.4, -0.2) is 11.5 Å². The van der Waals surface area contributed by atoms with Gasteiger partial charge in [0.25, 0.3) is 5.91 Å². The Balaban J connectivity index is 1.83. The molecule has 1 unspecified atom stereocenters. The first kappa shape index (κ1) is 20.1. The summed E-state index contributed by atoms with van der Waals surface area (Å²) in [6.07, 6.45) is 0. The zero-order valence-corrected chi connectivity index (χ0v) is 18.0. The fraction of sp³-hybridized carbons (Fsp3) is 0.269.